The smallest absolute Gasteiger partial charge is 0.261 e. The normalized spacial score (nSPS) is 14.2. The number of aryl methyl sites for hydroxylation is 1. The van der Waals surface area contributed by atoms with Gasteiger partial charge in [-0.2, -0.15) is 0 Å². The highest BCUT2D eigenvalue weighted by molar-refractivity contribution is 7.92. The maximum absolute atomic E-state index is 13.1. The molecule has 2 aromatic carbocycles. The van der Waals surface area contributed by atoms with Gasteiger partial charge in [-0.25, -0.2) is 8.42 Å². The van der Waals surface area contributed by atoms with Gasteiger partial charge in [0.2, 0.25) is 0 Å². The Hall–Kier alpha value is -3.26. The topological polar surface area (TPSA) is 100 Å². The summed E-state index contributed by atoms with van der Waals surface area (Å²) in [6.45, 7) is 2.39. The third kappa shape index (κ3) is 5.96. The van der Waals surface area contributed by atoms with Crippen LogP contribution in [0.25, 0.3) is 0 Å². The summed E-state index contributed by atoms with van der Waals surface area (Å²) in [6.07, 6.45) is 4.88. The minimum absolute atomic E-state index is 0.0154. The van der Waals surface area contributed by atoms with E-state index in [1.807, 2.05) is 25.1 Å². The maximum Gasteiger partial charge on any atom is 0.261 e. The highest BCUT2D eigenvalue weighted by Gasteiger charge is 2.22. The van der Waals surface area contributed by atoms with Gasteiger partial charge in [0.1, 0.15) is 11.5 Å². The van der Waals surface area contributed by atoms with Crippen LogP contribution in [0.2, 0.25) is 0 Å². The lowest BCUT2D eigenvalue weighted by molar-refractivity contribution is 0.0937. The summed E-state index contributed by atoms with van der Waals surface area (Å²) in [7, 11) is -3.90. The number of rotatable bonds is 9. The second-order valence-corrected chi connectivity index (χ2v) is 9.93. The number of para-hydroxylation sites is 1. The van der Waals surface area contributed by atoms with Crippen LogP contribution in [0, 0.1) is 0 Å². The Morgan fingerprint density at radius 2 is 1.70 bits per heavy atom. The van der Waals surface area contributed by atoms with Gasteiger partial charge in [0.15, 0.2) is 0 Å². The van der Waals surface area contributed by atoms with Crippen LogP contribution in [0.3, 0.4) is 0 Å². The van der Waals surface area contributed by atoms with E-state index in [0.29, 0.717) is 23.5 Å². The summed E-state index contributed by atoms with van der Waals surface area (Å²) >= 11 is 0. The maximum atomic E-state index is 13.1. The number of anilines is 2. The summed E-state index contributed by atoms with van der Waals surface area (Å²) in [4.78, 5) is 12.9. The summed E-state index contributed by atoms with van der Waals surface area (Å²) in [5.74, 6) is 1.35. The third-order valence-corrected chi connectivity index (χ3v) is 7.09. The molecule has 1 fully saturated rings. The van der Waals surface area contributed by atoms with Gasteiger partial charge in [0, 0.05) is 29.4 Å². The molecular weight excluding hydrogens is 438 g/mol. The minimum Gasteiger partial charge on any atom is -0.464 e. The van der Waals surface area contributed by atoms with Gasteiger partial charge in [0.25, 0.3) is 15.9 Å². The van der Waals surface area contributed by atoms with Crippen molar-refractivity contribution in [3.8, 4) is 0 Å². The van der Waals surface area contributed by atoms with Gasteiger partial charge in [0.05, 0.1) is 11.4 Å². The zero-order chi connectivity index (χ0) is 23.3. The number of amides is 1. The fourth-order valence-corrected chi connectivity index (χ4v) is 5.07. The molecule has 0 unspecified atom stereocenters. The Balaban J connectivity index is 1.60. The molecule has 4 rings (SSSR count). The zero-order valence-corrected chi connectivity index (χ0v) is 19.5. The molecule has 33 heavy (non-hydrogen) atoms. The number of furan rings is 1. The highest BCUT2D eigenvalue weighted by atomic mass is 32.2. The standard InChI is InChI=1S/C25H29N3O4S/c1-2-22-12-13-23(32-22)17-26-21-14-18(25(29)27-19-8-6-7-9-19)15-24(16-21)33(30,31)28-20-10-4-3-5-11-20/h3-5,10-16,19,26,28H,2,6-9,17H2,1H3,(H,27,29). The molecule has 1 heterocycles. The molecule has 8 heteroatoms. The van der Waals surface area contributed by atoms with E-state index in [1.165, 1.54) is 12.1 Å². The van der Waals surface area contributed by atoms with Crippen LogP contribution < -0.4 is 15.4 Å². The van der Waals surface area contributed by atoms with Crippen molar-refractivity contribution >= 4 is 27.3 Å². The molecule has 0 saturated heterocycles. The Labute approximate surface area is 194 Å². The van der Waals surface area contributed by atoms with E-state index < -0.39 is 10.0 Å². The Bertz CT molecular complexity index is 1200. The molecule has 1 aliphatic rings. The number of sulfonamides is 1. The Morgan fingerprint density at radius 3 is 2.39 bits per heavy atom. The first-order chi connectivity index (χ1) is 15.9. The van der Waals surface area contributed by atoms with E-state index in [-0.39, 0.29) is 16.8 Å². The van der Waals surface area contributed by atoms with E-state index in [0.717, 1.165) is 43.6 Å². The molecule has 1 aromatic heterocycles. The molecule has 0 radical (unpaired) electrons. The van der Waals surface area contributed by atoms with Gasteiger partial charge < -0.3 is 15.1 Å². The lowest BCUT2D eigenvalue weighted by atomic mass is 10.1. The fraction of sp³-hybridized carbons (Fsp3) is 0.320. The van der Waals surface area contributed by atoms with Crippen LogP contribution >= 0.6 is 0 Å². The van der Waals surface area contributed by atoms with Crippen molar-refractivity contribution in [2.24, 2.45) is 0 Å². The van der Waals surface area contributed by atoms with Gasteiger partial charge in [-0.3, -0.25) is 9.52 Å². The summed E-state index contributed by atoms with van der Waals surface area (Å²) in [5.41, 5.74) is 1.28. The summed E-state index contributed by atoms with van der Waals surface area (Å²) in [5, 5.41) is 6.23. The first-order valence-electron chi connectivity index (χ1n) is 11.3. The minimum atomic E-state index is -3.90. The van der Waals surface area contributed by atoms with Gasteiger partial charge >= 0.3 is 0 Å². The number of hydrogen-bond donors (Lipinski definition) is 3. The molecule has 3 aromatic rings. The first kappa shape index (κ1) is 22.9. The average Bonchev–Trinajstić information content (AvgIpc) is 3.50. The molecule has 7 nitrogen and oxygen atoms in total. The van der Waals surface area contributed by atoms with E-state index in [1.54, 1.807) is 30.3 Å². The molecule has 3 N–H and O–H groups in total. The predicted octanol–water partition coefficient (Wildman–Crippen LogP) is 4.93. The van der Waals surface area contributed by atoms with Crippen LogP contribution in [-0.2, 0) is 23.0 Å². The van der Waals surface area contributed by atoms with E-state index in [9.17, 15) is 13.2 Å². The van der Waals surface area contributed by atoms with Crippen molar-refractivity contribution in [3.63, 3.8) is 0 Å². The molecule has 1 amide bonds. The third-order valence-electron chi connectivity index (χ3n) is 5.73. The van der Waals surface area contributed by atoms with E-state index in [2.05, 4.69) is 15.4 Å². The van der Waals surface area contributed by atoms with Gasteiger partial charge in [-0.15, -0.1) is 0 Å². The molecule has 0 atom stereocenters. The SMILES string of the molecule is CCc1ccc(CNc2cc(C(=O)NC3CCCC3)cc(S(=O)(=O)Nc3ccccc3)c2)o1. The van der Waals surface area contributed by atoms with Gasteiger partial charge in [-0.1, -0.05) is 38.0 Å². The van der Waals surface area contributed by atoms with Crippen molar-refractivity contribution in [3.05, 3.63) is 77.7 Å². The lowest BCUT2D eigenvalue weighted by Gasteiger charge is -2.15. The van der Waals surface area contributed by atoms with Crippen LogP contribution in [-0.4, -0.2) is 20.4 Å². The number of benzene rings is 2. The molecule has 0 bridgehead atoms. The fourth-order valence-electron chi connectivity index (χ4n) is 3.94. The Kier molecular flexibility index (Phi) is 7.03. The number of carbonyl (C=O) groups is 1. The van der Waals surface area contributed by atoms with Crippen molar-refractivity contribution in [2.75, 3.05) is 10.0 Å². The van der Waals surface area contributed by atoms with Crippen LogP contribution in [0.5, 0.6) is 0 Å². The van der Waals surface area contributed by atoms with Crippen molar-refractivity contribution in [2.45, 2.75) is 56.5 Å². The molecular formula is C25H29N3O4S. The quantitative estimate of drug-likeness (QED) is 0.414. The van der Waals surface area contributed by atoms with E-state index >= 15 is 0 Å². The van der Waals surface area contributed by atoms with Gasteiger partial charge in [-0.05, 0) is 55.3 Å². The number of hydrogen-bond acceptors (Lipinski definition) is 5. The van der Waals surface area contributed by atoms with Crippen LogP contribution in [0.4, 0.5) is 11.4 Å². The highest BCUT2D eigenvalue weighted by Crippen LogP contribution is 2.24. The number of nitrogens with one attached hydrogen (secondary N) is 3. The van der Waals surface area contributed by atoms with Crippen molar-refractivity contribution in [1.29, 1.82) is 0 Å². The first-order valence-corrected chi connectivity index (χ1v) is 12.8. The largest absolute Gasteiger partial charge is 0.464 e. The average molecular weight is 468 g/mol. The van der Waals surface area contributed by atoms with Crippen LogP contribution in [0.15, 0.2) is 70.0 Å². The zero-order valence-electron chi connectivity index (χ0n) is 18.6. The second-order valence-electron chi connectivity index (χ2n) is 8.25. The molecule has 174 valence electrons. The Morgan fingerprint density at radius 1 is 0.970 bits per heavy atom. The molecule has 0 spiro atoms. The lowest BCUT2D eigenvalue weighted by Crippen LogP contribution is -2.32. The van der Waals surface area contributed by atoms with Crippen molar-refractivity contribution < 1.29 is 17.6 Å². The van der Waals surface area contributed by atoms with E-state index in [4.69, 9.17) is 4.42 Å². The van der Waals surface area contributed by atoms with Crippen molar-refractivity contribution in [1.82, 2.24) is 5.32 Å². The molecule has 1 aliphatic carbocycles. The monoisotopic (exact) mass is 467 g/mol. The summed E-state index contributed by atoms with van der Waals surface area (Å²) < 4.78 is 34.5. The van der Waals surface area contributed by atoms with Crippen LogP contribution in [0.1, 0.15) is 54.5 Å². The predicted molar refractivity (Wildman–Crippen MR) is 129 cm³/mol. The number of carbonyl (C=O) groups excluding carboxylic acids is 1. The molecule has 1 saturated carbocycles. The summed E-state index contributed by atoms with van der Waals surface area (Å²) in [6, 6.07) is 17.2. The second kappa shape index (κ2) is 10.1. The molecule has 0 aliphatic heterocycles.